The maximum Gasteiger partial charge on any atom is 0.128 e. The van der Waals surface area contributed by atoms with Crippen LogP contribution in [0.4, 0.5) is 0 Å². The van der Waals surface area contributed by atoms with Crippen molar-refractivity contribution in [3.05, 3.63) is 188 Å². The zero-order chi connectivity index (χ0) is 35.0. The van der Waals surface area contributed by atoms with E-state index in [1.54, 1.807) is 6.07 Å². The minimum atomic E-state index is 0.203. The fraction of sp³-hybridized carbons (Fsp3) is 0. The SMILES string of the molecule is [B]c1cc(-c2cccc(-n3c4ccccc4c4ccccc43)c2)ccc1Oc1cc(-c2ccccc2O)cc(-c2ccccc2-c2ccccc2)c1. The molecule has 0 spiro atoms. The summed E-state index contributed by atoms with van der Waals surface area (Å²) in [5.41, 5.74) is 11.8. The number of para-hydroxylation sites is 3. The largest absolute Gasteiger partial charge is 0.507 e. The average Bonchev–Trinajstić information content (AvgIpc) is 3.53. The molecule has 0 atom stereocenters. The number of nitrogens with zero attached hydrogens (tertiary/aromatic N) is 1. The molecule has 2 radical (unpaired) electrons. The van der Waals surface area contributed by atoms with Crippen LogP contribution in [0.2, 0.25) is 0 Å². The van der Waals surface area contributed by atoms with Crippen molar-refractivity contribution in [1.82, 2.24) is 4.57 Å². The van der Waals surface area contributed by atoms with Crippen molar-refractivity contribution in [2.75, 3.05) is 0 Å². The highest BCUT2D eigenvalue weighted by Gasteiger charge is 2.15. The molecule has 0 bridgehead atoms. The number of ether oxygens (including phenoxy) is 1. The van der Waals surface area contributed by atoms with Crippen LogP contribution >= 0.6 is 0 Å². The average molecular weight is 666 g/mol. The highest BCUT2D eigenvalue weighted by atomic mass is 16.5. The number of phenolic OH excluding ortho intramolecular Hbond substituents is 1. The van der Waals surface area contributed by atoms with E-state index in [1.165, 1.54) is 21.8 Å². The number of aromatic hydroxyl groups is 1. The second kappa shape index (κ2) is 13.2. The van der Waals surface area contributed by atoms with E-state index in [2.05, 4.69) is 120 Å². The van der Waals surface area contributed by atoms with Crippen molar-refractivity contribution in [3.8, 4) is 67.4 Å². The summed E-state index contributed by atoms with van der Waals surface area (Å²) in [4.78, 5) is 0. The number of hydrogen-bond donors (Lipinski definition) is 1. The van der Waals surface area contributed by atoms with Crippen molar-refractivity contribution in [3.63, 3.8) is 0 Å². The molecule has 0 unspecified atom stereocenters. The van der Waals surface area contributed by atoms with E-state index in [4.69, 9.17) is 12.6 Å². The van der Waals surface area contributed by atoms with Gasteiger partial charge in [-0.3, -0.25) is 0 Å². The number of benzene rings is 8. The van der Waals surface area contributed by atoms with Gasteiger partial charge >= 0.3 is 0 Å². The van der Waals surface area contributed by atoms with E-state index in [0.29, 0.717) is 17.0 Å². The molecule has 8 aromatic carbocycles. The molecule has 0 amide bonds. The van der Waals surface area contributed by atoms with E-state index in [-0.39, 0.29) is 5.75 Å². The first-order chi connectivity index (χ1) is 25.6. The van der Waals surface area contributed by atoms with Gasteiger partial charge in [-0.1, -0.05) is 139 Å². The quantitative estimate of drug-likeness (QED) is 0.172. The van der Waals surface area contributed by atoms with Crippen molar-refractivity contribution in [1.29, 1.82) is 0 Å². The lowest BCUT2D eigenvalue weighted by Gasteiger charge is -2.16. The molecule has 0 fully saturated rings. The number of fused-ring (bicyclic) bond motifs is 3. The van der Waals surface area contributed by atoms with Gasteiger partial charge in [0.15, 0.2) is 0 Å². The lowest BCUT2D eigenvalue weighted by atomic mass is 9.90. The molecule has 1 heterocycles. The summed E-state index contributed by atoms with van der Waals surface area (Å²) < 4.78 is 8.90. The zero-order valence-electron chi connectivity index (χ0n) is 28.3. The van der Waals surface area contributed by atoms with Gasteiger partial charge in [-0.15, -0.1) is 0 Å². The van der Waals surface area contributed by atoms with Gasteiger partial charge in [-0.2, -0.15) is 0 Å². The smallest absolute Gasteiger partial charge is 0.128 e. The molecule has 4 heteroatoms. The minimum absolute atomic E-state index is 0.203. The van der Waals surface area contributed by atoms with E-state index < -0.39 is 0 Å². The normalized spacial score (nSPS) is 11.2. The lowest BCUT2D eigenvalue weighted by molar-refractivity contribution is 0.477. The Labute approximate surface area is 304 Å². The molecule has 9 aromatic rings. The monoisotopic (exact) mass is 665 g/mol. The van der Waals surface area contributed by atoms with Crippen LogP contribution in [-0.4, -0.2) is 17.5 Å². The summed E-state index contributed by atoms with van der Waals surface area (Å²) in [7, 11) is 6.74. The van der Waals surface area contributed by atoms with Crippen LogP contribution in [0.25, 0.3) is 72.0 Å². The first kappa shape index (κ1) is 31.2. The van der Waals surface area contributed by atoms with Gasteiger partial charge in [0.2, 0.25) is 0 Å². The van der Waals surface area contributed by atoms with Crippen molar-refractivity contribution in [2.45, 2.75) is 0 Å². The van der Waals surface area contributed by atoms with Crippen molar-refractivity contribution in [2.24, 2.45) is 0 Å². The minimum Gasteiger partial charge on any atom is -0.507 e. The molecule has 0 aliphatic heterocycles. The molecule has 52 heavy (non-hydrogen) atoms. The second-order valence-electron chi connectivity index (χ2n) is 12.9. The molecular formula is C48H32BNO2. The summed E-state index contributed by atoms with van der Waals surface area (Å²) in [6.07, 6.45) is 0. The van der Waals surface area contributed by atoms with Crippen LogP contribution in [0.15, 0.2) is 188 Å². The Balaban J connectivity index is 1.09. The Hall–Kier alpha value is -6.78. The fourth-order valence-electron chi connectivity index (χ4n) is 7.26. The molecule has 1 aromatic heterocycles. The van der Waals surface area contributed by atoms with E-state index in [9.17, 15) is 5.11 Å². The molecule has 9 rings (SSSR count). The molecule has 0 aliphatic carbocycles. The molecule has 3 nitrogen and oxygen atoms in total. The predicted octanol–water partition coefficient (Wildman–Crippen LogP) is 11.7. The molecule has 0 saturated heterocycles. The summed E-state index contributed by atoms with van der Waals surface area (Å²) in [6.45, 7) is 0. The van der Waals surface area contributed by atoms with Crippen LogP contribution in [0.5, 0.6) is 17.2 Å². The third kappa shape index (κ3) is 5.71. The number of phenols is 1. The van der Waals surface area contributed by atoms with Crippen LogP contribution in [0, 0.1) is 0 Å². The van der Waals surface area contributed by atoms with Gasteiger partial charge in [-0.25, -0.2) is 0 Å². The predicted molar refractivity (Wildman–Crippen MR) is 216 cm³/mol. The Morgan fingerprint density at radius 2 is 0.981 bits per heavy atom. The number of rotatable bonds is 7. The Bertz CT molecular complexity index is 2690. The molecule has 0 aliphatic rings. The van der Waals surface area contributed by atoms with Crippen LogP contribution in [0.3, 0.4) is 0 Å². The number of aromatic nitrogens is 1. The van der Waals surface area contributed by atoms with E-state index in [1.807, 2.05) is 66.7 Å². The molecular weight excluding hydrogens is 633 g/mol. The topological polar surface area (TPSA) is 34.4 Å². The van der Waals surface area contributed by atoms with Gasteiger partial charge in [-0.05, 0) is 93.5 Å². The summed E-state index contributed by atoms with van der Waals surface area (Å²) in [5.74, 6) is 1.37. The highest BCUT2D eigenvalue weighted by molar-refractivity contribution is 6.34. The first-order valence-corrected chi connectivity index (χ1v) is 17.4. The van der Waals surface area contributed by atoms with Gasteiger partial charge in [0, 0.05) is 22.0 Å². The summed E-state index contributed by atoms with van der Waals surface area (Å²) >= 11 is 0. The Morgan fingerprint density at radius 1 is 0.423 bits per heavy atom. The molecule has 1 N–H and O–H groups in total. The van der Waals surface area contributed by atoms with Gasteiger partial charge in [0.25, 0.3) is 0 Å². The lowest BCUT2D eigenvalue weighted by Crippen LogP contribution is -2.07. The zero-order valence-corrected chi connectivity index (χ0v) is 28.3. The first-order valence-electron chi connectivity index (χ1n) is 17.4. The van der Waals surface area contributed by atoms with Crippen LogP contribution < -0.4 is 10.2 Å². The van der Waals surface area contributed by atoms with Crippen LogP contribution in [0.1, 0.15) is 0 Å². The van der Waals surface area contributed by atoms with E-state index in [0.717, 1.165) is 50.2 Å². The highest BCUT2D eigenvalue weighted by Crippen LogP contribution is 2.40. The van der Waals surface area contributed by atoms with Gasteiger partial charge in [0.1, 0.15) is 25.1 Å². The van der Waals surface area contributed by atoms with Gasteiger partial charge < -0.3 is 14.4 Å². The van der Waals surface area contributed by atoms with Crippen LogP contribution in [-0.2, 0) is 0 Å². The third-order valence-corrected chi connectivity index (χ3v) is 9.70. The van der Waals surface area contributed by atoms with Gasteiger partial charge in [0.05, 0.1) is 11.0 Å². The Kier molecular flexibility index (Phi) is 7.90. The third-order valence-electron chi connectivity index (χ3n) is 9.70. The van der Waals surface area contributed by atoms with Crippen molar-refractivity contribution >= 4 is 35.1 Å². The maximum absolute atomic E-state index is 10.8. The maximum atomic E-state index is 10.8. The van der Waals surface area contributed by atoms with E-state index >= 15 is 0 Å². The van der Waals surface area contributed by atoms with Crippen molar-refractivity contribution < 1.29 is 9.84 Å². The molecule has 244 valence electrons. The summed E-state index contributed by atoms with van der Waals surface area (Å²) in [6, 6.07) is 63.7. The standard InChI is InChI=1S/C48H32BNO2/c49-44-31-34(33-15-12-16-37(28-33)50-45-22-9-6-20-42(45)43-21-7-10-23-46(43)50)25-26-48(44)52-38-29-35(27-36(30-38)41-19-8-11-24-47(41)51)40-18-5-4-17-39(40)32-13-2-1-3-14-32/h1-31,51H. The second-order valence-corrected chi connectivity index (χ2v) is 12.9. The Morgan fingerprint density at radius 3 is 1.67 bits per heavy atom. The number of hydrogen-bond acceptors (Lipinski definition) is 2. The summed E-state index contributed by atoms with van der Waals surface area (Å²) in [5, 5.41) is 13.3. The fourth-order valence-corrected chi connectivity index (χ4v) is 7.26. The molecule has 0 saturated carbocycles.